The summed E-state index contributed by atoms with van der Waals surface area (Å²) in [4.78, 5) is 4.19. The molecular weight excluding hydrogens is 174 g/mol. The topological polar surface area (TPSA) is 21.6 Å². The van der Waals surface area contributed by atoms with Crippen molar-refractivity contribution in [2.24, 2.45) is 4.99 Å². The quantitative estimate of drug-likeness (QED) is 0.613. The van der Waals surface area contributed by atoms with Crippen molar-refractivity contribution in [3.8, 4) is 0 Å². The molecule has 2 nitrogen and oxygen atoms in total. The first-order valence-corrected chi connectivity index (χ1v) is 5.44. The van der Waals surface area contributed by atoms with Gasteiger partial charge in [0.25, 0.3) is 0 Å². The van der Waals surface area contributed by atoms with Crippen LogP contribution in [0.3, 0.4) is 0 Å². The molecule has 0 fully saturated rings. The van der Waals surface area contributed by atoms with Crippen LogP contribution in [0, 0.1) is 0 Å². The lowest BCUT2D eigenvalue weighted by Gasteiger charge is -2.05. The summed E-state index contributed by atoms with van der Waals surface area (Å²) in [7, 11) is 0. The van der Waals surface area contributed by atoms with Crippen molar-refractivity contribution in [2.75, 3.05) is 6.61 Å². The number of allylic oxidation sites excluding steroid dienone is 2. The number of hydrogen-bond donors (Lipinski definition) is 0. The zero-order valence-corrected chi connectivity index (χ0v) is 8.91. The van der Waals surface area contributed by atoms with Gasteiger partial charge in [-0.05, 0) is 12.5 Å². The number of rotatable bonds is 5. The van der Waals surface area contributed by atoms with Crippen molar-refractivity contribution in [3.63, 3.8) is 0 Å². The number of nitrogens with zero attached hydrogens (tertiary/aromatic N) is 1. The summed E-state index contributed by atoms with van der Waals surface area (Å²) in [6.45, 7) is 3.02. The van der Waals surface area contributed by atoms with Gasteiger partial charge in [0, 0.05) is 12.6 Å². The molecule has 0 amide bonds. The van der Waals surface area contributed by atoms with Gasteiger partial charge in [-0.3, -0.25) is 0 Å². The summed E-state index contributed by atoms with van der Waals surface area (Å²) in [5, 5.41) is 0. The second-order valence-corrected chi connectivity index (χ2v) is 3.41. The number of hydrogen-bond acceptors (Lipinski definition) is 2. The molecule has 2 heteroatoms. The van der Waals surface area contributed by atoms with Crippen molar-refractivity contribution >= 4 is 5.90 Å². The fraction of sp³-hybridized carbons (Fsp3) is 0.583. The van der Waals surface area contributed by atoms with Crippen molar-refractivity contribution in [2.45, 2.75) is 39.0 Å². The van der Waals surface area contributed by atoms with Crippen molar-refractivity contribution in [1.82, 2.24) is 0 Å². The smallest absolute Gasteiger partial charge is 0.191 e. The molecule has 1 aliphatic rings. The maximum atomic E-state index is 5.56. The number of aliphatic imine (C=N–C) groups is 1. The Labute approximate surface area is 86.4 Å². The van der Waals surface area contributed by atoms with Crippen molar-refractivity contribution < 1.29 is 4.74 Å². The van der Waals surface area contributed by atoms with Crippen LogP contribution in [0.25, 0.3) is 0 Å². The molecule has 1 aliphatic heterocycles. The number of unbranched alkanes of at least 4 members (excludes halogenated alkanes) is 3. The zero-order valence-electron chi connectivity index (χ0n) is 8.91. The third-order valence-electron chi connectivity index (χ3n) is 2.11. The van der Waals surface area contributed by atoms with E-state index in [0.717, 1.165) is 25.3 Å². The average Bonchev–Trinajstić information content (AvgIpc) is 2.46. The maximum Gasteiger partial charge on any atom is 0.191 e. The van der Waals surface area contributed by atoms with Gasteiger partial charge in [0.1, 0.15) is 0 Å². The standard InChI is InChI=1S/C12H19NO/c1-2-3-4-8-11-14-12-9-6-5-7-10-13-12/h5-7,10H,2-4,8-9,11H2,1H3. The van der Waals surface area contributed by atoms with Gasteiger partial charge in [0.2, 0.25) is 0 Å². The van der Waals surface area contributed by atoms with E-state index in [1.165, 1.54) is 19.3 Å². The molecule has 0 radical (unpaired) electrons. The van der Waals surface area contributed by atoms with Crippen LogP contribution in [-0.2, 0) is 4.74 Å². The van der Waals surface area contributed by atoms with E-state index in [0.29, 0.717) is 0 Å². The molecular formula is C12H19NO. The van der Waals surface area contributed by atoms with E-state index in [2.05, 4.69) is 18.0 Å². The molecule has 0 N–H and O–H groups in total. The minimum Gasteiger partial charge on any atom is -0.481 e. The van der Waals surface area contributed by atoms with Gasteiger partial charge in [0.15, 0.2) is 5.90 Å². The largest absolute Gasteiger partial charge is 0.481 e. The van der Waals surface area contributed by atoms with Crippen LogP contribution in [0.1, 0.15) is 39.0 Å². The Morgan fingerprint density at radius 2 is 2.21 bits per heavy atom. The monoisotopic (exact) mass is 193 g/mol. The SMILES string of the molecule is CCCCCCOC1=NC=CC=CC1. The van der Waals surface area contributed by atoms with Gasteiger partial charge in [-0.1, -0.05) is 38.3 Å². The Hall–Kier alpha value is -1.05. The van der Waals surface area contributed by atoms with E-state index < -0.39 is 0 Å². The van der Waals surface area contributed by atoms with Crippen LogP contribution >= 0.6 is 0 Å². The molecule has 0 bridgehead atoms. The summed E-state index contributed by atoms with van der Waals surface area (Å²) >= 11 is 0. The van der Waals surface area contributed by atoms with E-state index in [-0.39, 0.29) is 0 Å². The minimum absolute atomic E-state index is 0.806. The summed E-state index contributed by atoms with van der Waals surface area (Å²) in [5.74, 6) is 0.839. The number of ether oxygens (including phenoxy) is 1. The van der Waals surface area contributed by atoms with E-state index in [1.807, 2.05) is 12.2 Å². The molecule has 0 aromatic rings. The molecule has 1 rings (SSSR count). The van der Waals surface area contributed by atoms with Gasteiger partial charge < -0.3 is 4.74 Å². The third kappa shape index (κ3) is 4.85. The Bertz CT molecular complexity index is 228. The Balaban J connectivity index is 2.09. The minimum atomic E-state index is 0.806. The molecule has 0 aliphatic carbocycles. The lowest BCUT2D eigenvalue weighted by atomic mass is 10.2. The first-order valence-electron chi connectivity index (χ1n) is 5.44. The lowest BCUT2D eigenvalue weighted by Crippen LogP contribution is -2.04. The van der Waals surface area contributed by atoms with Gasteiger partial charge in [0.05, 0.1) is 6.61 Å². The fourth-order valence-electron chi connectivity index (χ4n) is 1.29. The summed E-state index contributed by atoms with van der Waals surface area (Å²) in [5.41, 5.74) is 0. The normalized spacial score (nSPS) is 15.1. The third-order valence-corrected chi connectivity index (χ3v) is 2.11. The Morgan fingerprint density at radius 1 is 1.29 bits per heavy atom. The molecule has 0 saturated carbocycles. The summed E-state index contributed by atoms with van der Waals surface area (Å²) in [6, 6.07) is 0. The molecule has 0 atom stereocenters. The van der Waals surface area contributed by atoms with Crippen LogP contribution in [0.5, 0.6) is 0 Å². The second-order valence-electron chi connectivity index (χ2n) is 3.41. The van der Waals surface area contributed by atoms with E-state index in [4.69, 9.17) is 4.74 Å². The van der Waals surface area contributed by atoms with Crippen molar-refractivity contribution in [3.05, 3.63) is 24.4 Å². The highest BCUT2D eigenvalue weighted by Gasteiger charge is 1.98. The summed E-state index contributed by atoms with van der Waals surface area (Å²) in [6.07, 6.45) is 13.6. The van der Waals surface area contributed by atoms with Gasteiger partial charge in [-0.25, -0.2) is 4.99 Å². The Kier molecular flexibility index (Phi) is 5.80. The van der Waals surface area contributed by atoms with Crippen LogP contribution in [0.4, 0.5) is 0 Å². The molecule has 0 aromatic carbocycles. The van der Waals surface area contributed by atoms with E-state index >= 15 is 0 Å². The Morgan fingerprint density at radius 3 is 3.07 bits per heavy atom. The van der Waals surface area contributed by atoms with Gasteiger partial charge in [-0.15, -0.1) is 0 Å². The molecule has 14 heavy (non-hydrogen) atoms. The molecule has 0 saturated heterocycles. The van der Waals surface area contributed by atoms with Gasteiger partial charge >= 0.3 is 0 Å². The highest BCUT2D eigenvalue weighted by atomic mass is 16.5. The predicted molar refractivity (Wildman–Crippen MR) is 60.4 cm³/mol. The summed E-state index contributed by atoms with van der Waals surface area (Å²) < 4.78 is 5.56. The van der Waals surface area contributed by atoms with Crippen LogP contribution in [0.2, 0.25) is 0 Å². The van der Waals surface area contributed by atoms with E-state index in [1.54, 1.807) is 6.20 Å². The molecule has 0 spiro atoms. The maximum absolute atomic E-state index is 5.56. The predicted octanol–water partition coefficient (Wildman–Crippen LogP) is 3.46. The molecule has 1 heterocycles. The molecule has 0 unspecified atom stereocenters. The zero-order chi connectivity index (χ0) is 10.1. The molecule has 0 aromatic heterocycles. The highest BCUT2D eigenvalue weighted by molar-refractivity contribution is 5.78. The van der Waals surface area contributed by atoms with Crippen LogP contribution in [-0.4, -0.2) is 12.5 Å². The highest BCUT2D eigenvalue weighted by Crippen LogP contribution is 2.02. The average molecular weight is 193 g/mol. The van der Waals surface area contributed by atoms with E-state index in [9.17, 15) is 0 Å². The second kappa shape index (κ2) is 7.36. The molecule has 78 valence electrons. The van der Waals surface area contributed by atoms with Gasteiger partial charge in [-0.2, -0.15) is 0 Å². The van der Waals surface area contributed by atoms with Crippen LogP contribution in [0.15, 0.2) is 29.4 Å². The first kappa shape index (κ1) is 11.0. The first-order chi connectivity index (χ1) is 6.93. The fourth-order valence-corrected chi connectivity index (χ4v) is 1.29. The lowest BCUT2D eigenvalue weighted by molar-refractivity contribution is 0.287. The van der Waals surface area contributed by atoms with Crippen molar-refractivity contribution in [1.29, 1.82) is 0 Å². The van der Waals surface area contributed by atoms with Crippen LogP contribution < -0.4 is 0 Å².